The molecule has 0 bridgehead atoms. The summed E-state index contributed by atoms with van der Waals surface area (Å²) < 4.78 is 48.8. The van der Waals surface area contributed by atoms with E-state index in [1.807, 2.05) is 0 Å². The van der Waals surface area contributed by atoms with Gasteiger partial charge in [-0.15, -0.1) is 0 Å². The largest absolute Gasteiger partial charge is 0.372 e. The van der Waals surface area contributed by atoms with E-state index in [0.717, 1.165) is 0 Å². The summed E-state index contributed by atoms with van der Waals surface area (Å²) in [5, 5.41) is 2.57. The molecule has 0 amide bonds. The number of pyridine rings is 1. The van der Waals surface area contributed by atoms with Crippen LogP contribution in [0.2, 0.25) is 0 Å². The molecule has 0 unspecified atom stereocenters. The van der Waals surface area contributed by atoms with Gasteiger partial charge in [-0.3, -0.25) is 0 Å². The highest BCUT2D eigenvalue weighted by Gasteiger charge is 2.19. The number of hydrogen-bond donors (Lipinski definition) is 2. The Labute approximate surface area is 91.9 Å². The number of rotatable bonds is 5. The zero-order valence-corrected chi connectivity index (χ0v) is 9.26. The lowest BCUT2D eigenvalue weighted by Gasteiger charge is -2.09. The van der Waals surface area contributed by atoms with Crippen LogP contribution in [-0.4, -0.2) is 33.4 Å². The average molecular weight is 251 g/mol. The van der Waals surface area contributed by atoms with Gasteiger partial charge in [-0.1, -0.05) is 0 Å². The molecule has 8 heteroatoms. The molecule has 90 valence electrons. The molecule has 0 aliphatic rings. The van der Waals surface area contributed by atoms with Crippen molar-refractivity contribution < 1.29 is 17.2 Å². The molecule has 0 atom stereocenters. The van der Waals surface area contributed by atoms with Crippen molar-refractivity contribution in [1.29, 1.82) is 0 Å². The maximum atomic E-state index is 11.9. The van der Waals surface area contributed by atoms with Gasteiger partial charge in [0.2, 0.25) is 10.0 Å². The van der Waals surface area contributed by atoms with Gasteiger partial charge in [0.15, 0.2) is 0 Å². The lowest BCUT2D eigenvalue weighted by molar-refractivity contribution is 0.153. The molecule has 5 nitrogen and oxygen atoms in total. The summed E-state index contributed by atoms with van der Waals surface area (Å²) in [5.74, 6) is 0.115. The lowest BCUT2D eigenvalue weighted by atomic mass is 10.5. The number of nitrogens with one attached hydrogen (secondary N) is 2. The monoisotopic (exact) mass is 251 g/mol. The first kappa shape index (κ1) is 12.8. The number of alkyl halides is 2. The van der Waals surface area contributed by atoms with Crippen molar-refractivity contribution in [1.82, 2.24) is 9.71 Å². The van der Waals surface area contributed by atoms with E-state index in [1.54, 1.807) is 4.72 Å². The molecule has 0 aliphatic heterocycles. The molecule has 1 heterocycles. The number of hydrogen-bond acceptors (Lipinski definition) is 4. The van der Waals surface area contributed by atoms with Crippen molar-refractivity contribution >= 4 is 15.8 Å². The molecule has 0 saturated heterocycles. The Morgan fingerprint density at radius 1 is 1.50 bits per heavy atom. The summed E-state index contributed by atoms with van der Waals surface area (Å²) in [6, 6.07) is 2.70. The van der Waals surface area contributed by atoms with Crippen molar-refractivity contribution in [2.45, 2.75) is 11.3 Å². The van der Waals surface area contributed by atoms with Crippen LogP contribution in [0.1, 0.15) is 0 Å². The van der Waals surface area contributed by atoms with E-state index >= 15 is 0 Å². The molecule has 16 heavy (non-hydrogen) atoms. The van der Waals surface area contributed by atoms with Crippen molar-refractivity contribution in [2.75, 3.05) is 18.9 Å². The zero-order chi connectivity index (χ0) is 12.2. The third-order valence-electron chi connectivity index (χ3n) is 1.72. The first-order valence-corrected chi connectivity index (χ1v) is 5.86. The van der Waals surface area contributed by atoms with E-state index < -0.39 is 23.0 Å². The van der Waals surface area contributed by atoms with Crippen LogP contribution in [-0.2, 0) is 10.0 Å². The van der Waals surface area contributed by atoms with Gasteiger partial charge < -0.3 is 5.32 Å². The standard InChI is InChI=1S/C8H11F2N3O2S/c1-11-8-6(3-2-4-12-8)16(14,15)13-5-7(9)10/h2-4,7,13H,5H2,1H3,(H,11,12). The average Bonchev–Trinajstić information content (AvgIpc) is 2.26. The maximum Gasteiger partial charge on any atom is 0.251 e. The van der Waals surface area contributed by atoms with Gasteiger partial charge in [-0.2, -0.15) is 0 Å². The molecule has 0 aliphatic carbocycles. The van der Waals surface area contributed by atoms with Crippen LogP contribution in [0.25, 0.3) is 0 Å². The zero-order valence-electron chi connectivity index (χ0n) is 8.44. The topological polar surface area (TPSA) is 71.1 Å². The highest BCUT2D eigenvalue weighted by Crippen LogP contribution is 2.16. The molecule has 1 rings (SSSR count). The highest BCUT2D eigenvalue weighted by atomic mass is 32.2. The normalized spacial score (nSPS) is 11.8. The van der Waals surface area contributed by atoms with E-state index in [9.17, 15) is 17.2 Å². The molecule has 1 aromatic rings. The molecule has 0 aromatic carbocycles. The van der Waals surface area contributed by atoms with Crippen LogP contribution in [0.15, 0.2) is 23.2 Å². The van der Waals surface area contributed by atoms with E-state index in [1.165, 1.54) is 25.4 Å². The molecule has 1 aromatic heterocycles. The van der Waals surface area contributed by atoms with Gasteiger partial charge in [0.05, 0.1) is 6.54 Å². The molecular weight excluding hydrogens is 240 g/mol. The van der Waals surface area contributed by atoms with Crippen LogP contribution in [0, 0.1) is 0 Å². The molecule has 2 N–H and O–H groups in total. The van der Waals surface area contributed by atoms with Crippen LogP contribution in [0.3, 0.4) is 0 Å². The molecule has 0 radical (unpaired) electrons. The number of sulfonamides is 1. The second-order valence-corrected chi connectivity index (χ2v) is 4.58. The Morgan fingerprint density at radius 3 is 2.75 bits per heavy atom. The Bertz CT molecular complexity index is 450. The summed E-state index contributed by atoms with van der Waals surface area (Å²) in [6.07, 6.45) is -1.33. The Balaban J connectivity index is 2.98. The Morgan fingerprint density at radius 2 is 2.19 bits per heavy atom. The fraction of sp³-hybridized carbons (Fsp3) is 0.375. The van der Waals surface area contributed by atoms with Crippen LogP contribution >= 0.6 is 0 Å². The van der Waals surface area contributed by atoms with Crippen molar-refractivity contribution in [2.24, 2.45) is 0 Å². The first-order chi connectivity index (χ1) is 7.47. The lowest BCUT2D eigenvalue weighted by Crippen LogP contribution is -2.29. The third kappa shape index (κ3) is 3.11. The number of anilines is 1. The van der Waals surface area contributed by atoms with Gasteiger partial charge in [0, 0.05) is 13.2 Å². The molecule has 0 fully saturated rings. The minimum Gasteiger partial charge on any atom is -0.372 e. The highest BCUT2D eigenvalue weighted by molar-refractivity contribution is 7.89. The van der Waals surface area contributed by atoms with Crippen LogP contribution < -0.4 is 10.0 Å². The predicted molar refractivity (Wildman–Crippen MR) is 55.0 cm³/mol. The number of halogens is 2. The van der Waals surface area contributed by atoms with E-state index in [2.05, 4.69) is 10.3 Å². The smallest absolute Gasteiger partial charge is 0.251 e. The van der Waals surface area contributed by atoms with E-state index in [0.29, 0.717) is 0 Å². The van der Waals surface area contributed by atoms with Crippen molar-refractivity contribution in [3.05, 3.63) is 18.3 Å². The summed E-state index contributed by atoms with van der Waals surface area (Å²) in [5.41, 5.74) is 0. The third-order valence-corrected chi connectivity index (χ3v) is 3.18. The maximum absolute atomic E-state index is 11.9. The summed E-state index contributed by atoms with van der Waals surface area (Å²) >= 11 is 0. The second kappa shape index (κ2) is 5.17. The van der Waals surface area contributed by atoms with Gasteiger partial charge >= 0.3 is 0 Å². The fourth-order valence-electron chi connectivity index (χ4n) is 1.05. The van der Waals surface area contributed by atoms with Gasteiger partial charge in [-0.25, -0.2) is 26.9 Å². The number of aromatic nitrogens is 1. The summed E-state index contributed by atoms with van der Waals surface area (Å²) in [6.45, 7) is -0.916. The van der Waals surface area contributed by atoms with Crippen LogP contribution in [0.5, 0.6) is 0 Å². The van der Waals surface area contributed by atoms with Gasteiger partial charge in [-0.05, 0) is 12.1 Å². The Kier molecular flexibility index (Phi) is 4.13. The van der Waals surface area contributed by atoms with Gasteiger partial charge in [0.1, 0.15) is 10.7 Å². The van der Waals surface area contributed by atoms with Crippen molar-refractivity contribution in [3.63, 3.8) is 0 Å². The fourth-order valence-corrected chi connectivity index (χ4v) is 2.21. The molecular formula is C8H11F2N3O2S. The Hall–Kier alpha value is -1.28. The number of nitrogens with zero attached hydrogens (tertiary/aromatic N) is 1. The van der Waals surface area contributed by atoms with Crippen molar-refractivity contribution in [3.8, 4) is 0 Å². The van der Waals surface area contributed by atoms with Crippen LogP contribution in [0.4, 0.5) is 14.6 Å². The second-order valence-electron chi connectivity index (χ2n) is 2.84. The summed E-state index contributed by atoms with van der Waals surface area (Å²) in [4.78, 5) is 3.62. The minimum atomic E-state index is -3.95. The first-order valence-electron chi connectivity index (χ1n) is 4.38. The molecule has 0 saturated carbocycles. The summed E-state index contributed by atoms with van der Waals surface area (Å²) in [7, 11) is -2.46. The molecule has 0 spiro atoms. The van der Waals surface area contributed by atoms with Gasteiger partial charge in [0.25, 0.3) is 6.43 Å². The van der Waals surface area contributed by atoms with E-state index in [-0.39, 0.29) is 10.7 Å². The quantitative estimate of drug-likeness (QED) is 0.806. The SMILES string of the molecule is CNc1ncccc1S(=O)(=O)NCC(F)F. The predicted octanol–water partition coefficient (Wildman–Crippen LogP) is 0.667. The minimum absolute atomic E-state index is 0.115. The van der Waals surface area contributed by atoms with E-state index in [4.69, 9.17) is 0 Å².